The van der Waals surface area contributed by atoms with Gasteiger partial charge in [0.05, 0.1) is 6.54 Å². The lowest BCUT2D eigenvalue weighted by atomic mass is 9.91. The molecular weight excluding hydrogens is 391 g/mol. The van der Waals surface area contributed by atoms with Crippen LogP contribution in [0.15, 0.2) is 29.3 Å². The van der Waals surface area contributed by atoms with Crippen LogP contribution in [0.25, 0.3) is 0 Å². The van der Waals surface area contributed by atoms with Gasteiger partial charge in [-0.25, -0.2) is 0 Å². The minimum atomic E-state index is 0. The molecule has 1 atom stereocenters. The molecule has 6 heteroatoms. The van der Waals surface area contributed by atoms with E-state index in [1.165, 1.54) is 0 Å². The zero-order valence-corrected chi connectivity index (χ0v) is 15.5. The standard InChI is InChI=1S/C16H24N4O.HI/c1-11(2)7-8-18-16(17)19-10-12-9-15(21)20-14-6-4-3-5-13(12)14;/h3-6,11-12H,7-10H2,1-2H3,(H,20,21)(H3,17,18,19);1H. The maximum atomic E-state index is 11.7. The van der Waals surface area contributed by atoms with Crippen LogP contribution >= 0.6 is 24.0 Å². The van der Waals surface area contributed by atoms with Crippen molar-refractivity contribution in [3.8, 4) is 0 Å². The number of anilines is 1. The molecule has 0 radical (unpaired) electrons. The summed E-state index contributed by atoms with van der Waals surface area (Å²) in [6.07, 6.45) is 1.52. The molecule has 0 aromatic heterocycles. The van der Waals surface area contributed by atoms with Crippen LogP contribution in [0.4, 0.5) is 5.69 Å². The molecule has 0 saturated carbocycles. The number of amides is 1. The van der Waals surface area contributed by atoms with E-state index < -0.39 is 0 Å². The van der Waals surface area contributed by atoms with Gasteiger partial charge in [-0.3, -0.25) is 9.79 Å². The van der Waals surface area contributed by atoms with E-state index in [4.69, 9.17) is 5.73 Å². The minimum absolute atomic E-state index is 0. The minimum Gasteiger partial charge on any atom is -0.370 e. The summed E-state index contributed by atoms with van der Waals surface area (Å²) in [5, 5.41) is 6.01. The highest BCUT2D eigenvalue weighted by Crippen LogP contribution is 2.31. The van der Waals surface area contributed by atoms with Gasteiger partial charge in [0.2, 0.25) is 5.91 Å². The molecule has 1 aromatic carbocycles. The number of aliphatic imine (C=N–C) groups is 1. The lowest BCUT2D eigenvalue weighted by Gasteiger charge is -2.24. The van der Waals surface area contributed by atoms with E-state index in [1.54, 1.807) is 0 Å². The molecule has 1 unspecified atom stereocenters. The van der Waals surface area contributed by atoms with Gasteiger partial charge in [0.25, 0.3) is 0 Å². The van der Waals surface area contributed by atoms with Gasteiger partial charge in [0, 0.05) is 24.6 Å². The molecule has 122 valence electrons. The van der Waals surface area contributed by atoms with Crippen LogP contribution < -0.4 is 16.4 Å². The lowest BCUT2D eigenvalue weighted by Crippen LogP contribution is -2.34. The first-order chi connectivity index (χ1) is 10.1. The maximum absolute atomic E-state index is 11.7. The molecule has 1 aliphatic rings. The molecule has 0 fully saturated rings. The Morgan fingerprint density at radius 1 is 1.45 bits per heavy atom. The van der Waals surface area contributed by atoms with Crippen molar-refractivity contribution in [2.75, 3.05) is 18.4 Å². The van der Waals surface area contributed by atoms with Crippen molar-refractivity contribution in [3.05, 3.63) is 29.8 Å². The molecule has 5 nitrogen and oxygen atoms in total. The molecule has 1 aromatic rings. The Hall–Kier alpha value is -1.31. The Morgan fingerprint density at radius 3 is 2.91 bits per heavy atom. The molecular formula is C16H25IN4O. The van der Waals surface area contributed by atoms with Gasteiger partial charge in [0.15, 0.2) is 5.96 Å². The molecule has 2 rings (SSSR count). The highest BCUT2D eigenvalue weighted by atomic mass is 127. The molecule has 0 aliphatic carbocycles. The first-order valence-electron chi connectivity index (χ1n) is 7.49. The van der Waals surface area contributed by atoms with Crippen molar-refractivity contribution < 1.29 is 4.79 Å². The summed E-state index contributed by atoms with van der Waals surface area (Å²) in [5.74, 6) is 1.24. The monoisotopic (exact) mass is 416 g/mol. The van der Waals surface area contributed by atoms with Crippen molar-refractivity contribution in [3.63, 3.8) is 0 Å². The molecule has 1 heterocycles. The van der Waals surface area contributed by atoms with Gasteiger partial charge >= 0.3 is 0 Å². The Kier molecular flexibility index (Phi) is 7.64. The number of halogens is 1. The lowest BCUT2D eigenvalue weighted by molar-refractivity contribution is -0.116. The summed E-state index contributed by atoms with van der Waals surface area (Å²) >= 11 is 0. The van der Waals surface area contributed by atoms with Gasteiger partial charge in [-0.05, 0) is 24.0 Å². The number of guanidine groups is 1. The normalized spacial score (nSPS) is 17.5. The maximum Gasteiger partial charge on any atom is 0.225 e. The molecule has 1 aliphatic heterocycles. The fourth-order valence-corrected chi connectivity index (χ4v) is 2.42. The van der Waals surface area contributed by atoms with E-state index in [-0.39, 0.29) is 35.8 Å². The third-order valence-corrected chi connectivity index (χ3v) is 3.62. The van der Waals surface area contributed by atoms with Crippen molar-refractivity contribution in [1.82, 2.24) is 5.32 Å². The van der Waals surface area contributed by atoms with Crippen molar-refractivity contribution in [1.29, 1.82) is 0 Å². The van der Waals surface area contributed by atoms with Crippen molar-refractivity contribution in [2.24, 2.45) is 16.6 Å². The Balaban J connectivity index is 0.00000242. The van der Waals surface area contributed by atoms with E-state index >= 15 is 0 Å². The first-order valence-corrected chi connectivity index (χ1v) is 7.49. The second kappa shape index (κ2) is 8.97. The summed E-state index contributed by atoms with van der Waals surface area (Å²) in [6.45, 7) is 5.71. The third kappa shape index (κ3) is 5.47. The smallest absolute Gasteiger partial charge is 0.225 e. The van der Waals surface area contributed by atoms with Crippen LogP contribution in [0.3, 0.4) is 0 Å². The van der Waals surface area contributed by atoms with Crippen LogP contribution in [0, 0.1) is 5.92 Å². The molecule has 0 spiro atoms. The zero-order valence-electron chi connectivity index (χ0n) is 13.1. The number of fused-ring (bicyclic) bond motifs is 1. The summed E-state index contributed by atoms with van der Waals surface area (Å²) in [4.78, 5) is 16.1. The van der Waals surface area contributed by atoms with Crippen LogP contribution in [0.2, 0.25) is 0 Å². The number of nitrogens with one attached hydrogen (secondary N) is 2. The molecule has 4 N–H and O–H groups in total. The van der Waals surface area contributed by atoms with Crippen molar-refractivity contribution in [2.45, 2.75) is 32.6 Å². The largest absolute Gasteiger partial charge is 0.370 e. The quantitative estimate of drug-likeness (QED) is 0.392. The number of nitrogens with zero attached hydrogens (tertiary/aromatic N) is 1. The summed E-state index contributed by atoms with van der Waals surface area (Å²) in [6, 6.07) is 7.87. The molecule has 1 amide bonds. The average molecular weight is 416 g/mol. The van der Waals surface area contributed by atoms with Crippen molar-refractivity contribution >= 4 is 41.5 Å². The topological polar surface area (TPSA) is 79.5 Å². The van der Waals surface area contributed by atoms with Gasteiger partial charge in [-0.2, -0.15) is 0 Å². The predicted octanol–water partition coefficient (Wildman–Crippen LogP) is 2.68. The number of rotatable bonds is 5. The van der Waals surface area contributed by atoms with E-state index in [0.29, 0.717) is 24.8 Å². The Morgan fingerprint density at radius 2 is 2.18 bits per heavy atom. The van der Waals surface area contributed by atoms with E-state index in [0.717, 1.165) is 24.2 Å². The number of hydrogen-bond acceptors (Lipinski definition) is 2. The number of carbonyl (C=O) groups is 1. The third-order valence-electron chi connectivity index (χ3n) is 3.62. The van der Waals surface area contributed by atoms with Crippen LogP contribution in [-0.2, 0) is 4.79 Å². The van der Waals surface area contributed by atoms with Gasteiger partial charge in [-0.1, -0.05) is 32.0 Å². The number of carbonyl (C=O) groups excluding carboxylic acids is 1. The summed E-state index contributed by atoms with van der Waals surface area (Å²) < 4.78 is 0. The summed E-state index contributed by atoms with van der Waals surface area (Å²) in [5.41, 5.74) is 7.89. The fourth-order valence-electron chi connectivity index (χ4n) is 2.42. The van der Waals surface area contributed by atoms with Crippen LogP contribution in [-0.4, -0.2) is 25.0 Å². The highest BCUT2D eigenvalue weighted by Gasteiger charge is 2.24. The zero-order chi connectivity index (χ0) is 15.2. The fraction of sp³-hybridized carbons (Fsp3) is 0.500. The highest BCUT2D eigenvalue weighted by molar-refractivity contribution is 14.0. The molecule has 0 bridgehead atoms. The Labute approximate surface area is 149 Å². The summed E-state index contributed by atoms with van der Waals surface area (Å²) in [7, 11) is 0. The Bertz CT molecular complexity index is 531. The van der Waals surface area contributed by atoms with E-state index in [2.05, 4.69) is 29.5 Å². The van der Waals surface area contributed by atoms with Crippen LogP contribution in [0.1, 0.15) is 38.2 Å². The number of nitrogens with two attached hydrogens (primary N) is 1. The molecule has 22 heavy (non-hydrogen) atoms. The number of para-hydroxylation sites is 1. The first kappa shape index (κ1) is 18.7. The SMILES string of the molecule is CC(C)CCNC(N)=NCC1CC(=O)Nc2ccccc21.I. The van der Waals surface area contributed by atoms with Gasteiger partial charge in [-0.15, -0.1) is 24.0 Å². The predicted molar refractivity (Wildman–Crippen MR) is 102 cm³/mol. The van der Waals surface area contributed by atoms with Gasteiger partial charge in [0.1, 0.15) is 0 Å². The molecule has 0 saturated heterocycles. The van der Waals surface area contributed by atoms with E-state index in [1.807, 2.05) is 24.3 Å². The average Bonchev–Trinajstić information content (AvgIpc) is 2.44. The second-order valence-corrected chi connectivity index (χ2v) is 5.87. The van der Waals surface area contributed by atoms with Gasteiger partial charge < -0.3 is 16.4 Å². The van der Waals surface area contributed by atoms with Crippen LogP contribution in [0.5, 0.6) is 0 Å². The second-order valence-electron chi connectivity index (χ2n) is 5.87. The number of benzene rings is 1. The van der Waals surface area contributed by atoms with E-state index in [9.17, 15) is 4.79 Å². The number of hydrogen-bond donors (Lipinski definition) is 3.